The first-order chi connectivity index (χ1) is 9.37. The summed E-state index contributed by atoms with van der Waals surface area (Å²) < 4.78 is 31.5. The summed E-state index contributed by atoms with van der Waals surface area (Å²) in [5, 5.41) is 1.86. The summed E-state index contributed by atoms with van der Waals surface area (Å²) in [5.74, 6) is 0. The molecule has 0 aliphatic carbocycles. The second-order valence-electron chi connectivity index (χ2n) is 4.97. The predicted molar refractivity (Wildman–Crippen MR) is 81.0 cm³/mol. The molecule has 0 amide bonds. The first kappa shape index (κ1) is 15.5. The van der Waals surface area contributed by atoms with Crippen molar-refractivity contribution in [1.29, 1.82) is 0 Å². The molecular formula is C14H18ClNO3S. The van der Waals surface area contributed by atoms with Gasteiger partial charge in [-0.15, -0.1) is 0 Å². The smallest absolute Gasteiger partial charge is 0.236 e. The summed E-state index contributed by atoms with van der Waals surface area (Å²) >= 11 is 5.79. The topological polar surface area (TPSA) is 46.6 Å². The fourth-order valence-electron chi connectivity index (χ4n) is 2.16. The summed E-state index contributed by atoms with van der Waals surface area (Å²) in [6.07, 6.45) is 1.41. The van der Waals surface area contributed by atoms with Crippen LogP contribution in [-0.4, -0.2) is 38.0 Å². The standard InChI is InChI=1S/C14H18ClNO3S/c1-11-9-16(10-12(2)19-11)20(17,18)8-7-13-3-5-14(15)6-4-13/h3-8,11-12H,9-10H2,1-2H3/b8-7+/t11-,12-/m0/s1. The van der Waals surface area contributed by atoms with Gasteiger partial charge in [0.2, 0.25) is 10.0 Å². The van der Waals surface area contributed by atoms with E-state index in [1.54, 1.807) is 30.3 Å². The van der Waals surface area contributed by atoms with E-state index in [9.17, 15) is 8.42 Å². The molecule has 0 unspecified atom stereocenters. The Morgan fingerprint density at radius 3 is 2.30 bits per heavy atom. The van der Waals surface area contributed by atoms with Crippen LogP contribution in [0.1, 0.15) is 19.4 Å². The van der Waals surface area contributed by atoms with Gasteiger partial charge in [-0.3, -0.25) is 0 Å². The number of ether oxygens (including phenoxy) is 1. The first-order valence-corrected chi connectivity index (χ1v) is 8.34. The maximum Gasteiger partial charge on any atom is 0.236 e. The zero-order chi connectivity index (χ0) is 14.8. The Labute approximate surface area is 125 Å². The van der Waals surface area contributed by atoms with Gasteiger partial charge in [0.25, 0.3) is 0 Å². The molecule has 0 aromatic heterocycles. The molecule has 1 aromatic rings. The zero-order valence-electron chi connectivity index (χ0n) is 11.5. The maximum atomic E-state index is 12.3. The monoisotopic (exact) mass is 315 g/mol. The van der Waals surface area contributed by atoms with E-state index in [1.807, 2.05) is 13.8 Å². The molecule has 0 bridgehead atoms. The Bertz CT molecular complexity index is 573. The van der Waals surface area contributed by atoms with Crippen LogP contribution in [0.2, 0.25) is 5.02 Å². The number of rotatable bonds is 3. The second kappa shape index (κ2) is 6.26. The Morgan fingerprint density at radius 1 is 1.20 bits per heavy atom. The molecule has 1 fully saturated rings. The average Bonchev–Trinajstić information content (AvgIpc) is 2.37. The molecule has 1 heterocycles. The van der Waals surface area contributed by atoms with Crippen molar-refractivity contribution in [2.75, 3.05) is 13.1 Å². The van der Waals surface area contributed by atoms with E-state index in [-0.39, 0.29) is 12.2 Å². The highest BCUT2D eigenvalue weighted by Crippen LogP contribution is 2.17. The molecule has 4 nitrogen and oxygen atoms in total. The van der Waals surface area contributed by atoms with Crippen LogP contribution in [0.3, 0.4) is 0 Å². The fraction of sp³-hybridized carbons (Fsp3) is 0.429. The van der Waals surface area contributed by atoms with Crippen LogP contribution in [0.4, 0.5) is 0 Å². The Morgan fingerprint density at radius 2 is 1.75 bits per heavy atom. The molecule has 1 saturated heterocycles. The van der Waals surface area contributed by atoms with E-state index in [0.717, 1.165) is 5.56 Å². The highest BCUT2D eigenvalue weighted by molar-refractivity contribution is 7.92. The molecule has 2 rings (SSSR count). The maximum absolute atomic E-state index is 12.3. The fourth-order valence-corrected chi connectivity index (χ4v) is 3.63. The summed E-state index contributed by atoms with van der Waals surface area (Å²) in [4.78, 5) is 0. The van der Waals surface area contributed by atoms with Crippen LogP contribution < -0.4 is 0 Å². The van der Waals surface area contributed by atoms with Crippen molar-refractivity contribution in [1.82, 2.24) is 4.31 Å². The van der Waals surface area contributed by atoms with E-state index in [2.05, 4.69) is 0 Å². The van der Waals surface area contributed by atoms with Crippen LogP contribution in [-0.2, 0) is 14.8 Å². The summed E-state index contributed by atoms with van der Waals surface area (Å²) in [6.45, 7) is 4.53. The van der Waals surface area contributed by atoms with Crippen molar-refractivity contribution < 1.29 is 13.2 Å². The Balaban J connectivity index is 2.12. The van der Waals surface area contributed by atoms with Gasteiger partial charge in [-0.2, -0.15) is 4.31 Å². The summed E-state index contributed by atoms with van der Waals surface area (Å²) in [6, 6.07) is 7.01. The number of halogens is 1. The third-order valence-corrected chi connectivity index (χ3v) is 4.80. The van der Waals surface area contributed by atoms with Gasteiger partial charge in [0, 0.05) is 23.5 Å². The van der Waals surface area contributed by atoms with E-state index >= 15 is 0 Å². The number of sulfonamides is 1. The zero-order valence-corrected chi connectivity index (χ0v) is 13.1. The van der Waals surface area contributed by atoms with E-state index in [1.165, 1.54) is 9.71 Å². The highest BCUT2D eigenvalue weighted by Gasteiger charge is 2.29. The lowest BCUT2D eigenvalue weighted by Crippen LogP contribution is -2.47. The van der Waals surface area contributed by atoms with Gasteiger partial charge in [0.15, 0.2) is 0 Å². The minimum absolute atomic E-state index is 0.0857. The van der Waals surface area contributed by atoms with Gasteiger partial charge in [0.1, 0.15) is 0 Å². The van der Waals surface area contributed by atoms with Crippen molar-refractivity contribution in [3.05, 3.63) is 40.3 Å². The van der Waals surface area contributed by atoms with Gasteiger partial charge in [-0.05, 0) is 37.6 Å². The lowest BCUT2D eigenvalue weighted by atomic mass is 10.2. The molecule has 0 radical (unpaired) electrons. The van der Waals surface area contributed by atoms with Crippen LogP contribution in [0, 0.1) is 0 Å². The van der Waals surface area contributed by atoms with Crippen LogP contribution in [0.25, 0.3) is 6.08 Å². The lowest BCUT2D eigenvalue weighted by Gasteiger charge is -2.33. The molecule has 0 saturated carbocycles. The SMILES string of the molecule is C[C@H]1CN(S(=O)(=O)/C=C/c2ccc(Cl)cc2)C[C@H](C)O1. The predicted octanol–water partition coefficient (Wildman–Crippen LogP) is 2.75. The van der Waals surface area contributed by atoms with E-state index in [0.29, 0.717) is 18.1 Å². The number of hydrogen-bond donors (Lipinski definition) is 0. The lowest BCUT2D eigenvalue weighted by molar-refractivity contribution is -0.0437. The molecule has 2 atom stereocenters. The molecule has 1 aliphatic rings. The van der Waals surface area contributed by atoms with Gasteiger partial charge in [-0.1, -0.05) is 23.7 Å². The minimum atomic E-state index is -3.42. The molecule has 0 spiro atoms. The van der Waals surface area contributed by atoms with Crippen molar-refractivity contribution in [2.24, 2.45) is 0 Å². The average molecular weight is 316 g/mol. The van der Waals surface area contributed by atoms with Crippen LogP contribution >= 0.6 is 11.6 Å². The molecule has 0 N–H and O–H groups in total. The number of hydrogen-bond acceptors (Lipinski definition) is 3. The molecular weight excluding hydrogens is 298 g/mol. The minimum Gasteiger partial charge on any atom is -0.373 e. The van der Waals surface area contributed by atoms with Crippen molar-refractivity contribution >= 4 is 27.7 Å². The van der Waals surface area contributed by atoms with Crippen molar-refractivity contribution in [3.63, 3.8) is 0 Å². The van der Waals surface area contributed by atoms with Crippen LogP contribution in [0.15, 0.2) is 29.7 Å². The van der Waals surface area contributed by atoms with E-state index in [4.69, 9.17) is 16.3 Å². The van der Waals surface area contributed by atoms with Crippen molar-refractivity contribution in [2.45, 2.75) is 26.1 Å². The molecule has 20 heavy (non-hydrogen) atoms. The third kappa shape index (κ3) is 4.06. The van der Waals surface area contributed by atoms with Gasteiger partial charge in [0.05, 0.1) is 12.2 Å². The molecule has 1 aliphatic heterocycles. The largest absolute Gasteiger partial charge is 0.373 e. The summed E-state index contributed by atoms with van der Waals surface area (Å²) in [7, 11) is -3.42. The van der Waals surface area contributed by atoms with Gasteiger partial charge in [-0.25, -0.2) is 8.42 Å². The number of benzene rings is 1. The first-order valence-electron chi connectivity index (χ1n) is 6.46. The Hall–Kier alpha value is -0.880. The van der Waals surface area contributed by atoms with E-state index < -0.39 is 10.0 Å². The molecule has 110 valence electrons. The molecule has 1 aromatic carbocycles. The third-order valence-electron chi connectivity index (χ3n) is 3.05. The summed E-state index contributed by atoms with van der Waals surface area (Å²) in [5.41, 5.74) is 0.798. The highest BCUT2D eigenvalue weighted by atomic mass is 35.5. The van der Waals surface area contributed by atoms with Gasteiger partial charge < -0.3 is 4.74 Å². The normalized spacial score (nSPS) is 25.1. The quantitative estimate of drug-likeness (QED) is 0.861. The molecule has 6 heteroatoms. The Kier molecular flexibility index (Phi) is 4.86. The van der Waals surface area contributed by atoms with Crippen molar-refractivity contribution in [3.8, 4) is 0 Å². The number of nitrogens with zero attached hydrogens (tertiary/aromatic N) is 1. The second-order valence-corrected chi connectivity index (χ2v) is 7.23. The van der Waals surface area contributed by atoms with Crippen LogP contribution in [0.5, 0.6) is 0 Å². The van der Waals surface area contributed by atoms with Gasteiger partial charge >= 0.3 is 0 Å². The number of morpholine rings is 1.